The Bertz CT molecular complexity index is 187. The lowest BCUT2D eigenvalue weighted by molar-refractivity contribution is 0.194. The summed E-state index contributed by atoms with van der Waals surface area (Å²) in [6, 6.07) is 0.540. The molecule has 4 nitrogen and oxygen atoms in total. The summed E-state index contributed by atoms with van der Waals surface area (Å²) < 4.78 is 0. The number of hydrogen-bond donors (Lipinski definition) is 2. The van der Waals surface area contributed by atoms with E-state index >= 15 is 0 Å². The lowest BCUT2D eigenvalue weighted by atomic mass is 10.1. The summed E-state index contributed by atoms with van der Waals surface area (Å²) in [4.78, 5) is 13.3. The number of nitrogens with one attached hydrogen (secondary N) is 2. The van der Waals surface area contributed by atoms with E-state index in [1.54, 1.807) is 0 Å². The second-order valence-corrected chi connectivity index (χ2v) is 3.78. The van der Waals surface area contributed by atoms with Gasteiger partial charge in [0.15, 0.2) is 0 Å². The Labute approximate surface area is 78.7 Å². The maximum atomic E-state index is 11.4. The summed E-state index contributed by atoms with van der Waals surface area (Å²) in [5.41, 5.74) is 0. The fourth-order valence-corrected chi connectivity index (χ4v) is 2.10. The Morgan fingerprint density at radius 3 is 3.00 bits per heavy atom. The number of rotatable bonds is 1. The van der Waals surface area contributed by atoms with Crippen molar-refractivity contribution in [2.45, 2.75) is 25.3 Å². The van der Waals surface area contributed by atoms with Crippen molar-refractivity contribution < 1.29 is 4.79 Å². The molecular formula is C9H17N3O. The summed E-state index contributed by atoms with van der Waals surface area (Å²) in [6.07, 6.45) is 3.63. The van der Waals surface area contributed by atoms with Crippen LogP contribution in [0, 0.1) is 0 Å². The molecule has 1 atom stereocenters. The molecule has 13 heavy (non-hydrogen) atoms. The lowest BCUT2D eigenvalue weighted by Crippen LogP contribution is -2.43. The monoisotopic (exact) mass is 183 g/mol. The third-order valence-corrected chi connectivity index (χ3v) is 2.85. The largest absolute Gasteiger partial charge is 0.336 e. The normalized spacial score (nSPS) is 30.0. The topological polar surface area (TPSA) is 44.4 Å². The first-order valence-corrected chi connectivity index (χ1v) is 5.13. The molecule has 0 spiro atoms. The van der Waals surface area contributed by atoms with Crippen molar-refractivity contribution in [3.8, 4) is 0 Å². The average Bonchev–Trinajstić information content (AvgIpc) is 2.43. The zero-order valence-corrected chi connectivity index (χ0v) is 7.88. The number of carbonyl (C=O) groups excluding carboxylic acids is 1. The second kappa shape index (κ2) is 3.96. The van der Waals surface area contributed by atoms with Crippen LogP contribution in [0.2, 0.25) is 0 Å². The van der Waals surface area contributed by atoms with Gasteiger partial charge in [0, 0.05) is 25.7 Å². The van der Waals surface area contributed by atoms with Crippen molar-refractivity contribution in [3.05, 3.63) is 0 Å². The van der Waals surface area contributed by atoms with E-state index in [1.807, 2.05) is 4.90 Å². The van der Waals surface area contributed by atoms with E-state index in [-0.39, 0.29) is 6.03 Å². The maximum Gasteiger partial charge on any atom is 0.317 e. The third kappa shape index (κ3) is 1.94. The van der Waals surface area contributed by atoms with E-state index in [0.29, 0.717) is 6.04 Å². The molecule has 2 aliphatic rings. The Hall–Kier alpha value is -0.770. The maximum absolute atomic E-state index is 11.4. The minimum absolute atomic E-state index is 0.119. The molecule has 0 aliphatic carbocycles. The first-order valence-electron chi connectivity index (χ1n) is 5.13. The van der Waals surface area contributed by atoms with Crippen LogP contribution in [0.4, 0.5) is 4.79 Å². The van der Waals surface area contributed by atoms with E-state index < -0.39 is 0 Å². The Balaban J connectivity index is 1.93. The SMILES string of the molecule is O=C1NCCN1C1CCCCNC1. The number of urea groups is 1. The van der Waals surface area contributed by atoms with Gasteiger partial charge in [-0.2, -0.15) is 0 Å². The van der Waals surface area contributed by atoms with Gasteiger partial charge in [-0.05, 0) is 19.4 Å². The van der Waals surface area contributed by atoms with Crippen LogP contribution in [0.3, 0.4) is 0 Å². The summed E-state index contributed by atoms with van der Waals surface area (Å²) in [7, 11) is 0. The standard InChI is InChI=1S/C9H17N3O/c13-9-11-5-6-12(9)8-3-1-2-4-10-7-8/h8,10H,1-7H2,(H,11,13). The molecule has 2 aliphatic heterocycles. The Morgan fingerprint density at radius 2 is 2.23 bits per heavy atom. The molecule has 2 heterocycles. The van der Waals surface area contributed by atoms with Crippen LogP contribution < -0.4 is 10.6 Å². The molecule has 2 N–H and O–H groups in total. The van der Waals surface area contributed by atoms with Crippen molar-refractivity contribution in [1.29, 1.82) is 0 Å². The fraction of sp³-hybridized carbons (Fsp3) is 0.889. The summed E-state index contributed by atoms with van der Waals surface area (Å²) in [5.74, 6) is 0. The highest BCUT2D eigenvalue weighted by Crippen LogP contribution is 2.13. The van der Waals surface area contributed by atoms with Gasteiger partial charge in [0.05, 0.1) is 0 Å². The molecule has 2 saturated heterocycles. The summed E-state index contributed by atoms with van der Waals surface area (Å²) >= 11 is 0. The van der Waals surface area contributed by atoms with Crippen molar-refractivity contribution in [2.75, 3.05) is 26.2 Å². The highest BCUT2D eigenvalue weighted by atomic mass is 16.2. The number of hydrogen-bond acceptors (Lipinski definition) is 2. The first-order chi connectivity index (χ1) is 6.38. The second-order valence-electron chi connectivity index (χ2n) is 3.78. The van der Waals surface area contributed by atoms with Gasteiger partial charge in [-0.1, -0.05) is 6.42 Å². The minimum Gasteiger partial charge on any atom is -0.336 e. The Kier molecular flexibility index (Phi) is 2.68. The highest BCUT2D eigenvalue weighted by molar-refractivity contribution is 5.76. The van der Waals surface area contributed by atoms with Crippen LogP contribution in [0.1, 0.15) is 19.3 Å². The number of amides is 2. The van der Waals surface area contributed by atoms with Gasteiger partial charge in [-0.15, -0.1) is 0 Å². The number of carbonyl (C=O) groups is 1. The Morgan fingerprint density at radius 1 is 1.31 bits per heavy atom. The summed E-state index contributed by atoms with van der Waals surface area (Å²) in [5, 5.41) is 6.22. The molecule has 2 rings (SSSR count). The third-order valence-electron chi connectivity index (χ3n) is 2.85. The average molecular weight is 183 g/mol. The highest BCUT2D eigenvalue weighted by Gasteiger charge is 2.27. The van der Waals surface area contributed by atoms with E-state index in [2.05, 4.69) is 10.6 Å². The molecule has 0 bridgehead atoms. The van der Waals surface area contributed by atoms with Crippen LogP contribution >= 0.6 is 0 Å². The number of nitrogens with zero attached hydrogens (tertiary/aromatic N) is 1. The molecule has 0 saturated carbocycles. The predicted octanol–water partition coefficient (Wildman–Crippen LogP) is 0.154. The van der Waals surface area contributed by atoms with Crippen LogP contribution in [-0.4, -0.2) is 43.2 Å². The van der Waals surface area contributed by atoms with Gasteiger partial charge in [-0.25, -0.2) is 4.79 Å². The quantitative estimate of drug-likeness (QED) is 0.608. The van der Waals surface area contributed by atoms with Crippen molar-refractivity contribution in [3.63, 3.8) is 0 Å². The zero-order valence-electron chi connectivity index (χ0n) is 7.88. The minimum atomic E-state index is 0.119. The van der Waals surface area contributed by atoms with Crippen molar-refractivity contribution in [2.24, 2.45) is 0 Å². The van der Waals surface area contributed by atoms with Crippen molar-refractivity contribution in [1.82, 2.24) is 15.5 Å². The van der Waals surface area contributed by atoms with Crippen LogP contribution in [0.15, 0.2) is 0 Å². The molecule has 74 valence electrons. The van der Waals surface area contributed by atoms with E-state index in [1.165, 1.54) is 12.8 Å². The first kappa shape index (κ1) is 8.81. The van der Waals surface area contributed by atoms with Gasteiger partial charge in [-0.3, -0.25) is 0 Å². The lowest BCUT2D eigenvalue weighted by Gasteiger charge is -2.25. The summed E-state index contributed by atoms with van der Waals surface area (Å²) in [6.45, 7) is 3.76. The fourth-order valence-electron chi connectivity index (χ4n) is 2.10. The van der Waals surface area contributed by atoms with Crippen LogP contribution in [0.5, 0.6) is 0 Å². The molecule has 0 aromatic carbocycles. The van der Waals surface area contributed by atoms with Crippen molar-refractivity contribution >= 4 is 6.03 Å². The van der Waals surface area contributed by atoms with E-state index in [0.717, 1.165) is 32.6 Å². The molecule has 4 heteroatoms. The zero-order chi connectivity index (χ0) is 9.10. The van der Waals surface area contributed by atoms with Gasteiger partial charge >= 0.3 is 6.03 Å². The van der Waals surface area contributed by atoms with Crippen LogP contribution in [-0.2, 0) is 0 Å². The van der Waals surface area contributed by atoms with Crippen LogP contribution in [0.25, 0.3) is 0 Å². The van der Waals surface area contributed by atoms with Gasteiger partial charge in [0.2, 0.25) is 0 Å². The smallest absolute Gasteiger partial charge is 0.317 e. The molecular weight excluding hydrogens is 166 g/mol. The van der Waals surface area contributed by atoms with Gasteiger partial charge in [0.1, 0.15) is 0 Å². The van der Waals surface area contributed by atoms with Gasteiger partial charge in [0.25, 0.3) is 0 Å². The molecule has 0 aromatic rings. The molecule has 1 unspecified atom stereocenters. The van der Waals surface area contributed by atoms with E-state index in [9.17, 15) is 4.79 Å². The predicted molar refractivity (Wildman–Crippen MR) is 50.6 cm³/mol. The molecule has 2 amide bonds. The van der Waals surface area contributed by atoms with Gasteiger partial charge < -0.3 is 15.5 Å². The molecule has 2 fully saturated rings. The molecule has 0 aromatic heterocycles. The molecule has 0 radical (unpaired) electrons. The van der Waals surface area contributed by atoms with E-state index in [4.69, 9.17) is 0 Å².